The van der Waals surface area contributed by atoms with E-state index in [1.54, 1.807) is 6.92 Å². The zero-order valence-corrected chi connectivity index (χ0v) is 13.4. The molecule has 0 spiro atoms. The number of carboxylic acids is 1. The van der Waals surface area contributed by atoms with Gasteiger partial charge in [-0.15, -0.1) is 0 Å². The number of hydrogen-bond acceptors (Lipinski definition) is 5. The number of aromatic nitrogens is 2. The van der Waals surface area contributed by atoms with Gasteiger partial charge < -0.3 is 14.9 Å². The number of carboxylic acid groups (broad SMARTS) is 1. The number of hydrogen-bond donors (Lipinski definition) is 2. The quantitative estimate of drug-likeness (QED) is 0.802. The second kappa shape index (κ2) is 7.67. The largest absolute Gasteiger partial charge is 0.479 e. The van der Waals surface area contributed by atoms with Crippen molar-refractivity contribution in [2.45, 2.75) is 39.2 Å². The highest BCUT2D eigenvalue weighted by Crippen LogP contribution is 2.17. The second-order valence-electron chi connectivity index (χ2n) is 5.44. The van der Waals surface area contributed by atoms with Crippen LogP contribution in [0.1, 0.15) is 41.7 Å². The molecule has 0 aliphatic carbocycles. The lowest BCUT2D eigenvalue weighted by Crippen LogP contribution is -2.33. The smallest absolute Gasteiger partial charge is 0.330 e. The molecule has 2 rings (SSSR count). The fourth-order valence-corrected chi connectivity index (χ4v) is 2.21. The third-order valence-electron chi connectivity index (χ3n) is 3.43. The average molecular weight is 335 g/mol. The molecular weight excluding hydrogens is 317 g/mol. The summed E-state index contributed by atoms with van der Waals surface area (Å²) in [6.45, 7) is 3.23. The van der Waals surface area contributed by atoms with Crippen molar-refractivity contribution < 1.29 is 23.6 Å². The Labute approximate surface area is 137 Å². The standard InChI is InChI=1S/C16H18FN3O4/c1-9-8-11(6-7-12(9)17)15(16(22)23)19-13(21)4-3-5-14-18-10(2)20-24-14/h6-8,15H,3-5H2,1-2H3,(H,19,21)(H,22,23). The van der Waals surface area contributed by atoms with Crippen LogP contribution in [0.3, 0.4) is 0 Å². The highest BCUT2D eigenvalue weighted by molar-refractivity contribution is 5.84. The molecule has 1 aromatic carbocycles. The summed E-state index contributed by atoms with van der Waals surface area (Å²) >= 11 is 0. The van der Waals surface area contributed by atoms with Gasteiger partial charge in [0.15, 0.2) is 11.9 Å². The SMILES string of the molecule is Cc1noc(CCCC(=O)NC(C(=O)O)c2ccc(F)c(C)c2)n1. The summed E-state index contributed by atoms with van der Waals surface area (Å²) in [7, 11) is 0. The number of benzene rings is 1. The maximum atomic E-state index is 13.3. The highest BCUT2D eigenvalue weighted by atomic mass is 19.1. The Balaban J connectivity index is 1.93. The molecule has 0 saturated carbocycles. The molecule has 24 heavy (non-hydrogen) atoms. The van der Waals surface area contributed by atoms with Gasteiger partial charge in [0.2, 0.25) is 11.8 Å². The molecule has 0 aliphatic heterocycles. The van der Waals surface area contributed by atoms with Crippen molar-refractivity contribution in [1.82, 2.24) is 15.5 Å². The molecule has 0 radical (unpaired) electrons. The van der Waals surface area contributed by atoms with Crippen LogP contribution in [-0.4, -0.2) is 27.1 Å². The van der Waals surface area contributed by atoms with Crippen LogP contribution >= 0.6 is 0 Å². The average Bonchev–Trinajstić information content (AvgIpc) is 2.93. The second-order valence-corrected chi connectivity index (χ2v) is 5.44. The molecule has 0 saturated heterocycles. The van der Waals surface area contributed by atoms with Crippen molar-refractivity contribution in [2.24, 2.45) is 0 Å². The van der Waals surface area contributed by atoms with Crippen molar-refractivity contribution in [3.8, 4) is 0 Å². The predicted octanol–water partition coefficient (Wildman–Crippen LogP) is 2.09. The molecule has 1 atom stereocenters. The van der Waals surface area contributed by atoms with Crippen LogP contribution in [0, 0.1) is 19.7 Å². The molecule has 0 aliphatic rings. The van der Waals surface area contributed by atoms with Crippen LogP contribution in [-0.2, 0) is 16.0 Å². The summed E-state index contributed by atoms with van der Waals surface area (Å²) in [5.74, 6) is -1.09. The topological polar surface area (TPSA) is 105 Å². The number of amides is 1. The molecule has 128 valence electrons. The Morgan fingerprint density at radius 1 is 1.38 bits per heavy atom. The van der Waals surface area contributed by atoms with Crippen molar-refractivity contribution >= 4 is 11.9 Å². The lowest BCUT2D eigenvalue weighted by Gasteiger charge is -2.15. The third kappa shape index (κ3) is 4.61. The summed E-state index contributed by atoms with van der Waals surface area (Å²) in [5, 5.41) is 15.4. The van der Waals surface area contributed by atoms with E-state index < -0.39 is 23.7 Å². The van der Waals surface area contributed by atoms with E-state index in [2.05, 4.69) is 15.5 Å². The first-order valence-corrected chi connectivity index (χ1v) is 7.44. The van der Waals surface area contributed by atoms with Gasteiger partial charge in [-0.3, -0.25) is 4.79 Å². The molecule has 1 aromatic heterocycles. The number of aryl methyl sites for hydroxylation is 3. The van der Waals surface area contributed by atoms with Gasteiger partial charge in [0.25, 0.3) is 0 Å². The number of carbonyl (C=O) groups is 2. The Morgan fingerprint density at radius 3 is 2.71 bits per heavy atom. The summed E-state index contributed by atoms with van der Waals surface area (Å²) in [4.78, 5) is 27.4. The minimum absolute atomic E-state index is 0.116. The van der Waals surface area contributed by atoms with E-state index in [4.69, 9.17) is 4.52 Å². The molecule has 7 nitrogen and oxygen atoms in total. The first kappa shape index (κ1) is 17.6. The molecule has 2 aromatic rings. The van der Waals surface area contributed by atoms with Gasteiger partial charge in [0, 0.05) is 12.8 Å². The normalized spacial score (nSPS) is 12.0. The van der Waals surface area contributed by atoms with Gasteiger partial charge in [-0.1, -0.05) is 17.3 Å². The van der Waals surface area contributed by atoms with Crippen LogP contribution in [0.4, 0.5) is 4.39 Å². The van der Waals surface area contributed by atoms with E-state index in [-0.39, 0.29) is 6.42 Å². The predicted molar refractivity (Wildman–Crippen MR) is 81.6 cm³/mol. The van der Waals surface area contributed by atoms with Gasteiger partial charge in [-0.25, -0.2) is 9.18 Å². The Kier molecular flexibility index (Phi) is 5.62. The molecule has 1 amide bonds. The molecule has 0 bridgehead atoms. The Bertz CT molecular complexity index is 745. The van der Waals surface area contributed by atoms with Crippen LogP contribution < -0.4 is 5.32 Å². The summed E-state index contributed by atoms with van der Waals surface area (Å²) in [6.07, 6.45) is 0.995. The minimum Gasteiger partial charge on any atom is -0.479 e. The number of carbonyl (C=O) groups excluding carboxylic acids is 1. The van der Waals surface area contributed by atoms with Crippen molar-refractivity contribution in [1.29, 1.82) is 0 Å². The summed E-state index contributed by atoms with van der Waals surface area (Å²) in [6, 6.07) is 2.73. The molecule has 1 unspecified atom stereocenters. The molecule has 1 heterocycles. The number of nitrogens with one attached hydrogen (secondary N) is 1. The van der Waals surface area contributed by atoms with Gasteiger partial charge in [-0.2, -0.15) is 4.98 Å². The number of aliphatic carboxylic acids is 1. The lowest BCUT2D eigenvalue weighted by molar-refractivity contribution is -0.142. The Morgan fingerprint density at radius 2 is 2.12 bits per heavy atom. The van der Waals surface area contributed by atoms with Gasteiger partial charge in [0.1, 0.15) is 5.82 Å². The molecular formula is C16H18FN3O4. The fourth-order valence-electron chi connectivity index (χ4n) is 2.21. The maximum Gasteiger partial charge on any atom is 0.330 e. The van der Waals surface area contributed by atoms with Gasteiger partial charge >= 0.3 is 5.97 Å². The van der Waals surface area contributed by atoms with Crippen molar-refractivity contribution in [2.75, 3.05) is 0 Å². The van der Waals surface area contributed by atoms with Crippen LogP contribution in [0.5, 0.6) is 0 Å². The van der Waals surface area contributed by atoms with Crippen LogP contribution in [0.2, 0.25) is 0 Å². The number of rotatable bonds is 7. The van der Waals surface area contributed by atoms with E-state index in [9.17, 15) is 19.1 Å². The van der Waals surface area contributed by atoms with Crippen LogP contribution in [0.25, 0.3) is 0 Å². The van der Waals surface area contributed by atoms with E-state index in [1.165, 1.54) is 25.1 Å². The first-order valence-electron chi connectivity index (χ1n) is 7.44. The molecule has 0 fully saturated rings. The zero-order chi connectivity index (χ0) is 17.7. The monoisotopic (exact) mass is 335 g/mol. The van der Waals surface area contributed by atoms with E-state index in [0.29, 0.717) is 35.7 Å². The minimum atomic E-state index is -1.22. The highest BCUT2D eigenvalue weighted by Gasteiger charge is 2.22. The zero-order valence-electron chi connectivity index (χ0n) is 13.4. The van der Waals surface area contributed by atoms with E-state index in [0.717, 1.165) is 0 Å². The van der Waals surface area contributed by atoms with Crippen molar-refractivity contribution in [3.05, 3.63) is 46.9 Å². The third-order valence-corrected chi connectivity index (χ3v) is 3.43. The van der Waals surface area contributed by atoms with Crippen molar-refractivity contribution in [3.63, 3.8) is 0 Å². The van der Waals surface area contributed by atoms with E-state index in [1.807, 2.05) is 0 Å². The molecule has 2 N–H and O–H groups in total. The number of halogens is 1. The first-order chi connectivity index (χ1) is 11.4. The Hall–Kier alpha value is -2.77. The number of nitrogens with zero attached hydrogens (tertiary/aromatic N) is 2. The van der Waals surface area contributed by atoms with Gasteiger partial charge in [0.05, 0.1) is 0 Å². The van der Waals surface area contributed by atoms with Crippen LogP contribution in [0.15, 0.2) is 22.7 Å². The van der Waals surface area contributed by atoms with E-state index >= 15 is 0 Å². The van der Waals surface area contributed by atoms with Gasteiger partial charge in [-0.05, 0) is 37.5 Å². The summed E-state index contributed by atoms with van der Waals surface area (Å²) < 4.78 is 18.2. The molecule has 8 heteroatoms. The fraction of sp³-hybridized carbons (Fsp3) is 0.375. The lowest BCUT2D eigenvalue weighted by atomic mass is 10.0. The maximum absolute atomic E-state index is 13.3. The summed E-state index contributed by atoms with van der Waals surface area (Å²) in [5.41, 5.74) is 0.641.